The first-order chi connectivity index (χ1) is 2.41. The third-order valence-corrected chi connectivity index (χ3v) is 0.793. The van der Waals surface area contributed by atoms with Gasteiger partial charge in [0, 0.05) is 0 Å². The van der Waals surface area contributed by atoms with Crippen molar-refractivity contribution >= 4 is 15.4 Å². The van der Waals surface area contributed by atoms with E-state index in [2.05, 4.69) is 4.79 Å². The first-order valence-corrected chi connectivity index (χ1v) is 3.80. The molecule has 0 unspecified atom stereocenters. The number of rotatable bonds is 1. The molecule has 0 aliphatic rings. The van der Waals surface area contributed by atoms with Crippen LogP contribution in [0.3, 0.4) is 0 Å². The molecule has 0 bridgehead atoms. The Morgan fingerprint density at radius 2 is 2.60 bits per heavy atom. The predicted octanol–water partition coefficient (Wildman–Crippen LogP) is -0.539. The summed E-state index contributed by atoms with van der Waals surface area (Å²) in [5.74, 6) is 1.57. The lowest BCUT2D eigenvalue weighted by molar-refractivity contribution is 0.00743. The van der Waals surface area contributed by atoms with Gasteiger partial charge >= 0.3 is 0 Å². The molecule has 0 aromatic heterocycles. The highest BCUT2D eigenvalue weighted by atomic mass is 28.2. The van der Waals surface area contributed by atoms with E-state index in [4.69, 9.17) is 5.53 Å². The van der Waals surface area contributed by atoms with Crippen LogP contribution in [-0.2, 0) is 0 Å². The molecular formula is C2H6N2Si. The highest BCUT2D eigenvalue weighted by Crippen LogP contribution is 1.34. The largest absolute Gasteiger partial charge is 0.363 e. The lowest BCUT2D eigenvalue weighted by atomic mass is 11.7. The van der Waals surface area contributed by atoms with E-state index in [1.165, 1.54) is 0 Å². The van der Waals surface area contributed by atoms with Crippen molar-refractivity contribution in [2.45, 2.75) is 6.55 Å². The fraction of sp³-hybridized carbons (Fsp3) is 0.500. The Labute approximate surface area is 33.3 Å². The molecule has 0 spiro atoms. The van der Waals surface area contributed by atoms with Crippen molar-refractivity contribution in [2.24, 2.45) is 0 Å². The van der Waals surface area contributed by atoms with Crippen LogP contribution < -0.4 is 0 Å². The van der Waals surface area contributed by atoms with E-state index in [1.54, 1.807) is 5.84 Å². The summed E-state index contributed by atoms with van der Waals surface area (Å²) in [6, 6.07) is 0. The maximum absolute atomic E-state index is 7.67. The van der Waals surface area contributed by atoms with Crippen LogP contribution in [0.4, 0.5) is 0 Å². The SMILES string of the molecule is C[SiH2]C=[N+]=[N-]. The lowest BCUT2D eigenvalue weighted by Gasteiger charge is -1.47. The van der Waals surface area contributed by atoms with Gasteiger partial charge < -0.3 is 5.53 Å². The van der Waals surface area contributed by atoms with Gasteiger partial charge in [0.2, 0.25) is 5.84 Å². The Bertz CT molecular complexity index is 54.7. The molecule has 3 heteroatoms. The summed E-state index contributed by atoms with van der Waals surface area (Å²) in [7, 11) is -0.128. The van der Waals surface area contributed by atoms with Crippen LogP contribution in [0, 0.1) is 0 Å². The molecule has 5 heavy (non-hydrogen) atoms. The molecule has 0 aliphatic carbocycles. The van der Waals surface area contributed by atoms with E-state index in [-0.39, 0.29) is 9.52 Å². The molecule has 0 aromatic rings. The maximum atomic E-state index is 7.67. The molecule has 0 amide bonds. The van der Waals surface area contributed by atoms with Gasteiger partial charge in [0.25, 0.3) is 0 Å². The van der Waals surface area contributed by atoms with Crippen molar-refractivity contribution in [2.75, 3.05) is 0 Å². The third kappa shape index (κ3) is 3.60. The number of hydrogen-bond donors (Lipinski definition) is 0. The van der Waals surface area contributed by atoms with Crippen LogP contribution >= 0.6 is 0 Å². The van der Waals surface area contributed by atoms with Gasteiger partial charge in [-0.25, -0.2) is 0 Å². The second-order valence-corrected chi connectivity index (χ2v) is 1.89. The van der Waals surface area contributed by atoms with E-state index in [9.17, 15) is 0 Å². The van der Waals surface area contributed by atoms with Gasteiger partial charge in [-0.15, -0.1) is 0 Å². The quantitative estimate of drug-likeness (QED) is 0.178. The second-order valence-electron chi connectivity index (χ2n) is 0.706. The Hall–Kier alpha value is -0.403. The van der Waals surface area contributed by atoms with Gasteiger partial charge in [0.05, 0.1) is 0 Å². The molecule has 0 saturated carbocycles. The minimum Gasteiger partial charge on any atom is -0.363 e. The Balaban J connectivity index is 2.93. The standard InChI is InChI=1S/C2H6N2Si/c1-5-2-4-3/h2H,5H2,1H3. The van der Waals surface area contributed by atoms with Crippen molar-refractivity contribution in [1.29, 1.82) is 0 Å². The molecule has 0 rings (SSSR count). The summed E-state index contributed by atoms with van der Waals surface area (Å²) in [6.07, 6.45) is 0. The minimum absolute atomic E-state index is 0.128. The van der Waals surface area contributed by atoms with E-state index < -0.39 is 0 Å². The van der Waals surface area contributed by atoms with Gasteiger partial charge in [-0.3, -0.25) is 0 Å². The zero-order valence-electron chi connectivity index (χ0n) is 3.18. The molecular weight excluding hydrogens is 80.1 g/mol. The van der Waals surface area contributed by atoms with Crippen LogP contribution in [0.2, 0.25) is 6.55 Å². The normalized spacial score (nSPS) is 8.20. The van der Waals surface area contributed by atoms with Crippen molar-refractivity contribution in [3.8, 4) is 0 Å². The van der Waals surface area contributed by atoms with E-state index in [1.807, 2.05) is 6.55 Å². The second kappa shape index (κ2) is 3.60. The van der Waals surface area contributed by atoms with Crippen LogP contribution in [0.25, 0.3) is 5.53 Å². The third-order valence-electron chi connectivity index (χ3n) is 0.264. The monoisotopic (exact) mass is 86.0 g/mol. The summed E-state index contributed by atoms with van der Waals surface area (Å²) in [5.41, 5.74) is 7.67. The fourth-order valence-electron chi connectivity index (χ4n) is 0.0816. The van der Waals surface area contributed by atoms with Crippen molar-refractivity contribution in [3.63, 3.8) is 0 Å². The molecule has 0 saturated heterocycles. The molecule has 28 valence electrons. The Kier molecular flexibility index (Phi) is 3.31. The molecule has 0 aromatic carbocycles. The highest BCUT2D eigenvalue weighted by molar-refractivity contribution is 6.65. The molecule has 0 N–H and O–H groups in total. The minimum atomic E-state index is -0.128. The smallest absolute Gasteiger partial charge is 0.219 e. The zero-order valence-corrected chi connectivity index (χ0v) is 4.59. The van der Waals surface area contributed by atoms with E-state index >= 15 is 0 Å². The molecule has 0 heterocycles. The van der Waals surface area contributed by atoms with Gasteiger partial charge in [0.1, 0.15) is 9.52 Å². The fourth-order valence-corrected chi connectivity index (χ4v) is 0.245. The van der Waals surface area contributed by atoms with Crippen molar-refractivity contribution in [1.82, 2.24) is 0 Å². The maximum Gasteiger partial charge on any atom is 0.219 e. The summed E-state index contributed by atoms with van der Waals surface area (Å²) in [6.45, 7) is 2.04. The van der Waals surface area contributed by atoms with Gasteiger partial charge in [0.15, 0.2) is 0 Å². The van der Waals surface area contributed by atoms with Crippen LogP contribution in [0.15, 0.2) is 0 Å². The van der Waals surface area contributed by atoms with Crippen LogP contribution in [0.5, 0.6) is 0 Å². The highest BCUT2D eigenvalue weighted by Gasteiger charge is 1.64. The van der Waals surface area contributed by atoms with E-state index in [0.29, 0.717) is 0 Å². The molecule has 0 radical (unpaired) electrons. The molecule has 2 nitrogen and oxygen atoms in total. The summed E-state index contributed by atoms with van der Waals surface area (Å²) >= 11 is 0. The van der Waals surface area contributed by atoms with Gasteiger partial charge in [-0.2, -0.15) is 4.79 Å². The van der Waals surface area contributed by atoms with Crippen LogP contribution in [0.1, 0.15) is 0 Å². The number of hydrogen-bond acceptors (Lipinski definition) is 0. The Morgan fingerprint density at radius 1 is 2.00 bits per heavy atom. The Morgan fingerprint density at radius 3 is 2.60 bits per heavy atom. The van der Waals surface area contributed by atoms with E-state index in [0.717, 1.165) is 0 Å². The summed E-state index contributed by atoms with van der Waals surface area (Å²) < 4.78 is 0. The van der Waals surface area contributed by atoms with Crippen LogP contribution in [-0.4, -0.2) is 20.1 Å². The predicted molar refractivity (Wildman–Crippen MR) is 24.1 cm³/mol. The average molecular weight is 86.2 g/mol. The number of nitrogens with zero attached hydrogens (tertiary/aromatic N) is 2. The van der Waals surface area contributed by atoms with Crippen molar-refractivity contribution in [3.05, 3.63) is 5.53 Å². The first kappa shape index (κ1) is 4.60. The van der Waals surface area contributed by atoms with Gasteiger partial charge in [-0.05, 0) is 0 Å². The molecule has 0 fully saturated rings. The zero-order chi connectivity index (χ0) is 4.12. The van der Waals surface area contributed by atoms with Gasteiger partial charge in [-0.1, -0.05) is 6.55 Å². The molecule has 0 aliphatic heterocycles. The average Bonchev–Trinajstić information content (AvgIpc) is 1.41. The summed E-state index contributed by atoms with van der Waals surface area (Å²) in [4.78, 5) is 2.79. The first-order valence-electron chi connectivity index (χ1n) is 1.57. The molecule has 0 atom stereocenters. The topological polar surface area (TPSA) is 36.4 Å². The lowest BCUT2D eigenvalue weighted by Crippen LogP contribution is -1.79. The summed E-state index contributed by atoms with van der Waals surface area (Å²) in [5, 5.41) is 0. The van der Waals surface area contributed by atoms with Crippen molar-refractivity contribution < 1.29 is 4.79 Å².